The molecule has 1 aliphatic rings. The lowest BCUT2D eigenvalue weighted by Gasteiger charge is -2.43. The van der Waals surface area contributed by atoms with Gasteiger partial charge < -0.3 is 5.11 Å². The minimum absolute atomic E-state index is 0.133. The van der Waals surface area contributed by atoms with Crippen LogP contribution in [0.3, 0.4) is 0 Å². The lowest BCUT2D eigenvalue weighted by Crippen LogP contribution is -2.49. The molecule has 132 valence electrons. The number of carbonyl (C=O) groups excluding carboxylic acids is 1. The third kappa shape index (κ3) is 3.65. The standard InChI is InChI=1S/C20H18N2O4/c1-14(21-26-13-18(23)24)12-17-19(15-8-4-2-5-9-15)22(20(17)25)16-10-6-3-7-11-16/h2-12,19,21H,1,13H2,(H,23,24). The van der Waals surface area contributed by atoms with Gasteiger partial charge in [-0.15, -0.1) is 0 Å². The zero-order valence-corrected chi connectivity index (χ0v) is 14.0. The number of amides is 1. The van der Waals surface area contributed by atoms with E-state index in [1.807, 2.05) is 60.7 Å². The number of hydroxylamine groups is 1. The van der Waals surface area contributed by atoms with Crippen molar-refractivity contribution in [2.75, 3.05) is 11.5 Å². The third-order valence-electron chi connectivity index (χ3n) is 3.90. The van der Waals surface area contributed by atoms with E-state index >= 15 is 0 Å². The average molecular weight is 350 g/mol. The number of para-hydroxylation sites is 1. The Labute approximate surface area is 151 Å². The molecule has 0 bridgehead atoms. The fourth-order valence-corrected chi connectivity index (χ4v) is 2.81. The molecule has 26 heavy (non-hydrogen) atoms. The van der Waals surface area contributed by atoms with Crippen LogP contribution in [0.2, 0.25) is 0 Å². The Morgan fingerprint density at radius 1 is 1.15 bits per heavy atom. The number of carbonyl (C=O) groups is 2. The molecule has 6 heteroatoms. The Kier molecular flexibility index (Phi) is 5.15. The first kappa shape index (κ1) is 17.4. The van der Waals surface area contributed by atoms with Gasteiger partial charge in [-0.1, -0.05) is 55.1 Å². The number of anilines is 1. The average Bonchev–Trinajstić information content (AvgIpc) is 2.65. The number of carboxylic acid groups (broad SMARTS) is 1. The number of nitrogens with zero attached hydrogens (tertiary/aromatic N) is 1. The summed E-state index contributed by atoms with van der Waals surface area (Å²) in [6.07, 6.45) is 1.58. The van der Waals surface area contributed by atoms with Crippen LogP contribution in [0.15, 0.2) is 84.6 Å². The fourth-order valence-electron chi connectivity index (χ4n) is 2.81. The minimum atomic E-state index is -1.10. The summed E-state index contributed by atoms with van der Waals surface area (Å²) in [4.78, 5) is 29.7. The quantitative estimate of drug-likeness (QED) is 0.456. The molecule has 0 spiro atoms. The normalized spacial score (nSPS) is 17.7. The number of nitrogens with one attached hydrogen (secondary N) is 1. The third-order valence-corrected chi connectivity index (χ3v) is 3.90. The maximum absolute atomic E-state index is 12.7. The van der Waals surface area contributed by atoms with Gasteiger partial charge in [0.2, 0.25) is 0 Å². The first-order valence-corrected chi connectivity index (χ1v) is 8.01. The van der Waals surface area contributed by atoms with Crippen LogP contribution in [0.1, 0.15) is 11.6 Å². The van der Waals surface area contributed by atoms with E-state index in [-0.39, 0.29) is 11.9 Å². The first-order chi connectivity index (χ1) is 12.6. The summed E-state index contributed by atoms with van der Waals surface area (Å²) in [5, 5.41) is 8.59. The van der Waals surface area contributed by atoms with Crippen LogP contribution < -0.4 is 10.4 Å². The molecule has 1 aliphatic heterocycles. The molecule has 2 aromatic carbocycles. The number of benzene rings is 2. The molecule has 1 unspecified atom stereocenters. The second-order valence-electron chi connectivity index (χ2n) is 5.73. The van der Waals surface area contributed by atoms with Gasteiger partial charge in [0.15, 0.2) is 6.61 Å². The number of β-lactam (4-membered cyclic amide) rings is 1. The molecule has 0 aromatic heterocycles. The summed E-state index contributed by atoms with van der Waals surface area (Å²) >= 11 is 0. The Morgan fingerprint density at radius 3 is 2.38 bits per heavy atom. The van der Waals surface area contributed by atoms with Gasteiger partial charge in [0, 0.05) is 11.3 Å². The molecular weight excluding hydrogens is 332 g/mol. The summed E-state index contributed by atoms with van der Waals surface area (Å²) in [6.45, 7) is 3.25. The van der Waals surface area contributed by atoms with Gasteiger partial charge >= 0.3 is 5.97 Å². The Morgan fingerprint density at radius 2 is 1.77 bits per heavy atom. The molecule has 1 saturated heterocycles. The van der Waals surface area contributed by atoms with Gasteiger partial charge in [-0.2, -0.15) is 0 Å². The van der Waals surface area contributed by atoms with E-state index in [4.69, 9.17) is 9.94 Å². The Hall–Kier alpha value is -3.38. The number of allylic oxidation sites excluding steroid dienone is 1. The highest BCUT2D eigenvalue weighted by molar-refractivity contribution is 6.15. The van der Waals surface area contributed by atoms with E-state index in [2.05, 4.69) is 12.1 Å². The van der Waals surface area contributed by atoms with Gasteiger partial charge in [0.1, 0.15) is 0 Å². The van der Waals surface area contributed by atoms with E-state index in [9.17, 15) is 9.59 Å². The van der Waals surface area contributed by atoms with Gasteiger partial charge in [-0.3, -0.25) is 20.0 Å². The lowest BCUT2D eigenvalue weighted by molar-refractivity contribution is -0.144. The van der Waals surface area contributed by atoms with Crippen LogP contribution in [-0.2, 0) is 14.4 Å². The molecule has 0 saturated carbocycles. The van der Waals surface area contributed by atoms with Crippen molar-refractivity contribution in [3.8, 4) is 0 Å². The Bertz CT molecular complexity index is 847. The summed E-state index contributed by atoms with van der Waals surface area (Å²) in [5.41, 5.74) is 5.08. The predicted octanol–water partition coefficient (Wildman–Crippen LogP) is 2.82. The molecular formula is C20H18N2O4. The zero-order chi connectivity index (χ0) is 18.5. The van der Waals surface area contributed by atoms with Crippen molar-refractivity contribution in [1.82, 2.24) is 5.48 Å². The summed E-state index contributed by atoms with van der Waals surface area (Å²) < 4.78 is 0. The van der Waals surface area contributed by atoms with Gasteiger partial charge in [0.25, 0.3) is 5.91 Å². The first-order valence-electron chi connectivity index (χ1n) is 8.01. The number of carboxylic acids is 1. The molecule has 6 nitrogen and oxygen atoms in total. The monoisotopic (exact) mass is 350 g/mol. The minimum Gasteiger partial charge on any atom is -0.479 e. The maximum Gasteiger partial charge on any atom is 0.332 e. The molecule has 0 aliphatic carbocycles. The molecule has 3 rings (SSSR count). The Balaban J connectivity index is 1.85. The van der Waals surface area contributed by atoms with Crippen LogP contribution in [0, 0.1) is 0 Å². The van der Waals surface area contributed by atoms with Gasteiger partial charge in [0.05, 0.1) is 11.7 Å². The highest BCUT2D eigenvalue weighted by Gasteiger charge is 2.43. The summed E-state index contributed by atoms with van der Waals surface area (Å²) in [5.74, 6) is -1.23. The van der Waals surface area contributed by atoms with Gasteiger partial charge in [-0.25, -0.2) is 4.79 Å². The second kappa shape index (κ2) is 7.67. The van der Waals surface area contributed by atoms with E-state index < -0.39 is 12.6 Å². The van der Waals surface area contributed by atoms with Crippen molar-refractivity contribution in [3.63, 3.8) is 0 Å². The topological polar surface area (TPSA) is 78.9 Å². The van der Waals surface area contributed by atoms with Crippen molar-refractivity contribution in [3.05, 3.63) is 90.2 Å². The highest BCUT2D eigenvalue weighted by Crippen LogP contribution is 2.43. The van der Waals surface area contributed by atoms with Crippen LogP contribution in [0.4, 0.5) is 5.69 Å². The van der Waals surface area contributed by atoms with Crippen molar-refractivity contribution in [2.45, 2.75) is 6.04 Å². The fraction of sp³-hybridized carbons (Fsp3) is 0.100. The van der Waals surface area contributed by atoms with Gasteiger partial charge in [-0.05, 0) is 23.8 Å². The molecule has 1 atom stereocenters. The smallest absolute Gasteiger partial charge is 0.332 e. The predicted molar refractivity (Wildman–Crippen MR) is 97.1 cm³/mol. The van der Waals surface area contributed by atoms with Crippen LogP contribution in [-0.4, -0.2) is 23.6 Å². The van der Waals surface area contributed by atoms with Crippen molar-refractivity contribution in [2.24, 2.45) is 0 Å². The van der Waals surface area contributed by atoms with E-state index in [1.165, 1.54) is 0 Å². The molecule has 0 radical (unpaired) electrons. The van der Waals surface area contributed by atoms with Crippen LogP contribution in [0.5, 0.6) is 0 Å². The number of hydrogen-bond acceptors (Lipinski definition) is 4. The largest absolute Gasteiger partial charge is 0.479 e. The summed E-state index contributed by atoms with van der Waals surface area (Å²) in [6, 6.07) is 18.8. The molecule has 2 N–H and O–H groups in total. The molecule has 1 amide bonds. The molecule has 2 aromatic rings. The number of aliphatic carboxylic acids is 1. The maximum atomic E-state index is 12.7. The van der Waals surface area contributed by atoms with E-state index in [0.717, 1.165) is 11.3 Å². The van der Waals surface area contributed by atoms with E-state index in [0.29, 0.717) is 11.3 Å². The molecule has 1 fully saturated rings. The second-order valence-corrected chi connectivity index (χ2v) is 5.73. The van der Waals surface area contributed by atoms with Crippen molar-refractivity contribution in [1.29, 1.82) is 0 Å². The van der Waals surface area contributed by atoms with Crippen LogP contribution >= 0.6 is 0 Å². The zero-order valence-electron chi connectivity index (χ0n) is 14.0. The summed E-state index contributed by atoms with van der Waals surface area (Å²) in [7, 11) is 0. The lowest BCUT2D eigenvalue weighted by atomic mass is 9.86. The number of rotatable bonds is 7. The SMILES string of the molecule is C=C(C=C1C(=O)N(c2ccccc2)C1c1ccccc1)NOCC(=O)O. The van der Waals surface area contributed by atoms with Crippen molar-refractivity contribution >= 4 is 17.6 Å². The molecule has 1 heterocycles. The van der Waals surface area contributed by atoms with Crippen molar-refractivity contribution < 1.29 is 19.5 Å². The highest BCUT2D eigenvalue weighted by atomic mass is 16.7. The number of hydrogen-bond donors (Lipinski definition) is 2. The van der Waals surface area contributed by atoms with E-state index in [1.54, 1.807) is 11.0 Å². The van der Waals surface area contributed by atoms with Crippen LogP contribution in [0.25, 0.3) is 0 Å².